The minimum Gasteiger partial charge on any atom is -0.497 e. The molecule has 0 saturated carbocycles. The third-order valence-corrected chi connectivity index (χ3v) is 5.79. The van der Waals surface area contributed by atoms with Gasteiger partial charge >= 0.3 is 0 Å². The highest BCUT2D eigenvalue weighted by Crippen LogP contribution is 2.38. The smallest absolute Gasteiger partial charge is 0.258 e. The Balaban J connectivity index is 1.81. The third-order valence-electron chi connectivity index (χ3n) is 5.46. The van der Waals surface area contributed by atoms with Crippen LogP contribution < -0.4 is 14.8 Å². The maximum Gasteiger partial charge on any atom is 0.258 e. The lowest BCUT2D eigenvalue weighted by molar-refractivity contribution is 0.395. The van der Waals surface area contributed by atoms with Gasteiger partial charge in [0.15, 0.2) is 5.11 Å². The van der Waals surface area contributed by atoms with Crippen molar-refractivity contribution in [2.24, 2.45) is 0 Å². The van der Waals surface area contributed by atoms with Crippen LogP contribution >= 0.6 is 12.2 Å². The summed E-state index contributed by atoms with van der Waals surface area (Å²) in [6, 6.07) is 15.2. The Kier molecular flexibility index (Phi) is 6.41. The van der Waals surface area contributed by atoms with Gasteiger partial charge in [0.2, 0.25) is 5.82 Å². The van der Waals surface area contributed by atoms with Gasteiger partial charge in [-0.1, -0.05) is 36.3 Å². The van der Waals surface area contributed by atoms with Crippen LogP contribution in [-0.2, 0) is 0 Å². The summed E-state index contributed by atoms with van der Waals surface area (Å²) >= 11 is 5.69. The van der Waals surface area contributed by atoms with Gasteiger partial charge in [0.1, 0.15) is 11.5 Å². The first-order valence-electron chi connectivity index (χ1n) is 10.5. The Morgan fingerprint density at radius 3 is 2.53 bits per heavy atom. The fraction of sp³-hybridized carbons (Fsp3) is 0.292. The number of allylic oxidation sites excluding steroid dienone is 1. The van der Waals surface area contributed by atoms with Gasteiger partial charge in [-0.3, -0.25) is 0 Å². The summed E-state index contributed by atoms with van der Waals surface area (Å²) in [5.74, 6) is 2.45. The van der Waals surface area contributed by atoms with E-state index in [1.807, 2.05) is 55.5 Å². The van der Waals surface area contributed by atoms with E-state index >= 15 is 0 Å². The topological polar surface area (TPSA) is 72.7 Å². The van der Waals surface area contributed by atoms with Gasteiger partial charge in [-0.15, -0.1) is 0 Å². The highest BCUT2D eigenvalue weighted by atomic mass is 32.1. The lowest BCUT2D eigenvalue weighted by Crippen LogP contribution is -2.46. The van der Waals surface area contributed by atoms with Crippen LogP contribution in [0.15, 0.2) is 58.8 Å². The molecule has 8 heteroatoms. The molecule has 7 nitrogen and oxygen atoms in total. The monoisotopic (exact) mass is 450 g/mol. The van der Waals surface area contributed by atoms with E-state index in [-0.39, 0.29) is 6.04 Å². The standard InChI is InChI=1S/C24H26N4O3S/c1-5-12-28-15(2)20(21(25-24(28)32)16-8-6-10-18(13-16)29-3)23-26-22(27-31-23)17-9-7-11-19(14-17)30-4/h6-11,13-14,21H,5,12H2,1-4H3,(H,25,32). The van der Waals surface area contributed by atoms with Crippen LogP contribution in [0.4, 0.5) is 0 Å². The van der Waals surface area contributed by atoms with Crippen molar-refractivity contribution in [3.63, 3.8) is 0 Å². The van der Waals surface area contributed by atoms with Gasteiger partial charge < -0.3 is 24.2 Å². The molecule has 0 fully saturated rings. The van der Waals surface area contributed by atoms with Crippen molar-refractivity contribution in [2.75, 3.05) is 20.8 Å². The maximum atomic E-state index is 5.77. The molecule has 0 radical (unpaired) electrons. The van der Waals surface area contributed by atoms with Crippen molar-refractivity contribution >= 4 is 22.9 Å². The van der Waals surface area contributed by atoms with Gasteiger partial charge in [0.05, 0.1) is 25.8 Å². The molecule has 0 amide bonds. The zero-order valence-electron chi connectivity index (χ0n) is 18.6. The number of hydrogen-bond acceptors (Lipinski definition) is 6. The quantitative estimate of drug-likeness (QED) is 0.514. The molecule has 3 aromatic rings. The largest absolute Gasteiger partial charge is 0.497 e. The molecule has 1 aliphatic rings. The molecule has 0 bridgehead atoms. The molecule has 1 aromatic heterocycles. The van der Waals surface area contributed by atoms with Crippen molar-refractivity contribution < 1.29 is 14.0 Å². The summed E-state index contributed by atoms with van der Waals surface area (Å²) in [4.78, 5) is 6.82. The number of rotatable bonds is 7. The van der Waals surface area contributed by atoms with Crippen LogP contribution in [0.25, 0.3) is 17.0 Å². The number of nitrogens with one attached hydrogen (secondary N) is 1. The van der Waals surface area contributed by atoms with Crippen LogP contribution in [0, 0.1) is 0 Å². The molecule has 1 unspecified atom stereocenters. The minimum absolute atomic E-state index is 0.246. The van der Waals surface area contributed by atoms with E-state index in [0.29, 0.717) is 16.8 Å². The predicted molar refractivity (Wildman–Crippen MR) is 127 cm³/mol. The molecular formula is C24H26N4O3S. The Bertz CT molecular complexity index is 1160. The summed E-state index contributed by atoms with van der Waals surface area (Å²) < 4.78 is 16.5. The normalized spacial score (nSPS) is 16.2. The van der Waals surface area contributed by atoms with Crippen molar-refractivity contribution in [2.45, 2.75) is 26.3 Å². The second-order valence-electron chi connectivity index (χ2n) is 7.46. The van der Waals surface area contributed by atoms with Crippen LogP contribution in [0.2, 0.25) is 0 Å². The van der Waals surface area contributed by atoms with E-state index in [2.05, 4.69) is 22.3 Å². The van der Waals surface area contributed by atoms with Gasteiger partial charge in [-0.25, -0.2) is 0 Å². The van der Waals surface area contributed by atoms with Crippen molar-refractivity contribution in [3.8, 4) is 22.9 Å². The number of thiocarbonyl (C=S) groups is 1. The van der Waals surface area contributed by atoms with Crippen LogP contribution in [-0.4, -0.2) is 40.9 Å². The first-order valence-corrected chi connectivity index (χ1v) is 10.9. The molecule has 32 heavy (non-hydrogen) atoms. The number of methoxy groups -OCH3 is 2. The van der Waals surface area contributed by atoms with Crippen molar-refractivity contribution in [1.29, 1.82) is 0 Å². The highest BCUT2D eigenvalue weighted by Gasteiger charge is 2.34. The number of aromatic nitrogens is 2. The zero-order chi connectivity index (χ0) is 22.7. The average Bonchev–Trinajstić information content (AvgIpc) is 3.31. The second-order valence-corrected chi connectivity index (χ2v) is 7.85. The maximum absolute atomic E-state index is 5.77. The Hall–Kier alpha value is -3.39. The molecule has 0 spiro atoms. The Morgan fingerprint density at radius 2 is 1.81 bits per heavy atom. The molecular weight excluding hydrogens is 424 g/mol. The molecule has 166 valence electrons. The number of hydrogen-bond donors (Lipinski definition) is 1. The number of benzene rings is 2. The fourth-order valence-electron chi connectivity index (χ4n) is 3.83. The molecule has 0 saturated heterocycles. The van der Waals surface area contributed by atoms with Crippen molar-refractivity contribution in [3.05, 3.63) is 65.7 Å². The van der Waals surface area contributed by atoms with Crippen LogP contribution in [0.5, 0.6) is 11.5 Å². The van der Waals surface area contributed by atoms with Crippen LogP contribution in [0.3, 0.4) is 0 Å². The summed E-state index contributed by atoms with van der Waals surface area (Å²) in [7, 11) is 3.29. The fourth-order valence-corrected chi connectivity index (χ4v) is 4.18. The average molecular weight is 451 g/mol. The van der Waals surface area contributed by atoms with Crippen molar-refractivity contribution in [1.82, 2.24) is 20.4 Å². The number of ether oxygens (including phenoxy) is 2. The lowest BCUT2D eigenvalue weighted by Gasteiger charge is -2.37. The van der Waals surface area contributed by atoms with Gasteiger partial charge in [0, 0.05) is 17.8 Å². The van der Waals surface area contributed by atoms with E-state index < -0.39 is 0 Å². The summed E-state index contributed by atoms with van der Waals surface area (Å²) in [6.45, 7) is 4.96. The van der Waals surface area contributed by atoms with Gasteiger partial charge in [-0.2, -0.15) is 4.98 Å². The van der Waals surface area contributed by atoms with E-state index in [1.54, 1.807) is 14.2 Å². The molecule has 1 atom stereocenters. The molecule has 1 N–H and O–H groups in total. The summed E-state index contributed by atoms with van der Waals surface area (Å²) in [5.41, 5.74) is 3.70. The van der Waals surface area contributed by atoms with E-state index in [4.69, 9.17) is 31.2 Å². The molecule has 0 aliphatic carbocycles. The van der Waals surface area contributed by atoms with E-state index in [9.17, 15) is 0 Å². The number of nitrogens with zero attached hydrogens (tertiary/aromatic N) is 3. The minimum atomic E-state index is -0.246. The Morgan fingerprint density at radius 1 is 1.09 bits per heavy atom. The summed E-state index contributed by atoms with van der Waals surface area (Å²) in [6.07, 6.45) is 0.954. The molecule has 1 aliphatic heterocycles. The summed E-state index contributed by atoms with van der Waals surface area (Å²) in [5, 5.41) is 8.38. The van der Waals surface area contributed by atoms with Crippen LogP contribution in [0.1, 0.15) is 37.8 Å². The highest BCUT2D eigenvalue weighted by molar-refractivity contribution is 7.80. The zero-order valence-corrected chi connectivity index (χ0v) is 19.4. The SMILES string of the molecule is CCCN1C(=S)NC(c2cccc(OC)c2)C(c2nc(-c3cccc(OC)c3)no2)=C1C. The van der Waals surface area contributed by atoms with Gasteiger partial charge in [0.25, 0.3) is 5.89 Å². The molecule has 2 aromatic carbocycles. The predicted octanol–water partition coefficient (Wildman–Crippen LogP) is 4.83. The van der Waals surface area contributed by atoms with E-state index in [1.165, 1.54) is 0 Å². The Labute approximate surface area is 193 Å². The first-order chi connectivity index (χ1) is 15.5. The molecule has 4 rings (SSSR count). The van der Waals surface area contributed by atoms with Gasteiger partial charge in [-0.05, 0) is 55.4 Å². The second kappa shape index (κ2) is 9.40. The van der Waals surface area contributed by atoms with E-state index in [0.717, 1.165) is 46.9 Å². The third kappa shape index (κ3) is 4.18. The first kappa shape index (κ1) is 21.8. The molecule has 2 heterocycles. The lowest BCUT2D eigenvalue weighted by atomic mass is 9.94.